The summed E-state index contributed by atoms with van der Waals surface area (Å²) in [6, 6.07) is 13.1. The molecular weight excluding hydrogens is 408 g/mol. The lowest BCUT2D eigenvalue weighted by atomic mass is 10.2. The van der Waals surface area contributed by atoms with Crippen LogP contribution in [0.4, 0.5) is 0 Å². The van der Waals surface area contributed by atoms with E-state index in [1.54, 1.807) is 6.26 Å². The molecule has 1 unspecified atom stereocenters. The Morgan fingerprint density at radius 1 is 1.31 bits per heavy atom. The maximum atomic E-state index is 12.8. The molecule has 1 N–H and O–H groups in total. The Morgan fingerprint density at radius 2 is 2.14 bits per heavy atom. The van der Waals surface area contributed by atoms with Gasteiger partial charge in [-0.15, -0.1) is 11.3 Å². The molecule has 0 saturated carbocycles. The van der Waals surface area contributed by atoms with Gasteiger partial charge in [-0.1, -0.05) is 17.7 Å². The summed E-state index contributed by atoms with van der Waals surface area (Å²) in [4.78, 5) is 16.4. The fourth-order valence-corrected chi connectivity index (χ4v) is 4.52. The van der Waals surface area contributed by atoms with E-state index in [-0.39, 0.29) is 11.9 Å². The third-order valence-corrected chi connectivity index (χ3v) is 6.12. The first kappa shape index (κ1) is 19.7. The summed E-state index contributed by atoms with van der Waals surface area (Å²) in [5, 5.41) is 9.25. The molecule has 6 nitrogen and oxygen atoms in total. The number of hydrogen-bond donors (Lipinski definition) is 1. The van der Waals surface area contributed by atoms with Crippen LogP contribution in [0.15, 0.2) is 53.1 Å². The molecule has 0 aliphatic carbocycles. The zero-order valence-corrected chi connectivity index (χ0v) is 17.9. The number of thiophene rings is 1. The fourth-order valence-electron chi connectivity index (χ4n) is 3.24. The molecule has 3 heterocycles. The van der Waals surface area contributed by atoms with Gasteiger partial charge in [-0.2, -0.15) is 5.10 Å². The van der Waals surface area contributed by atoms with Gasteiger partial charge in [0.2, 0.25) is 0 Å². The largest absolute Gasteiger partial charge is 0.468 e. The van der Waals surface area contributed by atoms with Gasteiger partial charge in [0.1, 0.15) is 10.6 Å². The molecule has 0 aliphatic heterocycles. The van der Waals surface area contributed by atoms with E-state index in [1.165, 1.54) is 11.3 Å². The van der Waals surface area contributed by atoms with Gasteiger partial charge in [0.25, 0.3) is 5.91 Å². The van der Waals surface area contributed by atoms with Gasteiger partial charge in [-0.3, -0.25) is 9.69 Å². The van der Waals surface area contributed by atoms with Crippen LogP contribution in [-0.2, 0) is 0 Å². The lowest BCUT2D eigenvalue weighted by Crippen LogP contribution is -2.34. The number of aromatic nitrogens is 2. The number of furan rings is 1. The standard InChI is InChI=1S/C21H21ClN4O2S/c1-13-16-11-19(20(27)23-12-17(25(2)3)18-8-5-9-28-18)29-21(16)26(24-13)15-7-4-6-14(22)10-15/h4-11,17H,12H2,1-3H3,(H,23,27). The molecule has 1 atom stereocenters. The quantitative estimate of drug-likeness (QED) is 0.484. The third kappa shape index (κ3) is 3.94. The second-order valence-corrected chi connectivity index (χ2v) is 8.48. The lowest BCUT2D eigenvalue weighted by Gasteiger charge is -2.22. The number of halogens is 1. The number of aryl methyl sites for hydroxylation is 1. The van der Waals surface area contributed by atoms with Crippen molar-refractivity contribution in [1.29, 1.82) is 0 Å². The SMILES string of the molecule is Cc1nn(-c2cccc(Cl)c2)c2sc(C(=O)NCC(c3ccco3)N(C)C)cc12. The first-order chi connectivity index (χ1) is 13.9. The van der Waals surface area contributed by atoms with E-state index < -0.39 is 0 Å². The highest BCUT2D eigenvalue weighted by Gasteiger charge is 2.21. The van der Waals surface area contributed by atoms with E-state index in [0.29, 0.717) is 16.4 Å². The van der Waals surface area contributed by atoms with Crippen LogP contribution in [-0.4, -0.2) is 41.2 Å². The lowest BCUT2D eigenvalue weighted by molar-refractivity contribution is 0.0943. The maximum Gasteiger partial charge on any atom is 0.261 e. The monoisotopic (exact) mass is 428 g/mol. The van der Waals surface area contributed by atoms with Gasteiger partial charge >= 0.3 is 0 Å². The van der Waals surface area contributed by atoms with Crippen molar-refractivity contribution < 1.29 is 9.21 Å². The molecule has 0 spiro atoms. The summed E-state index contributed by atoms with van der Waals surface area (Å²) >= 11 is 7.55. The smallest absolute Gasteiger partial charge is 0.261 e. The normalized spacial score (nSPS) is 12.6. The molecule has 0 bridgehead atoms. The zero-order valence-electron chi connectivity index (χ0n) is 16.3. The Kier molecular flexibility index (Phi) is 5.45. The topological polar surface area (TPSA) is 63.3 Å². The van der Waals surface area contributed by atoms with Gasteiger partial charge in [0.15, 0.2) is 0 Å². The van der Waals surface area contributed by atoms with E-state index in [2.05, 4.69) is 10.4 Å². The Bertz CT molecular complexity index is 1150. The number of nitrogens with one attached hydrogen (secondary N) is 1. The van der Waals surface area contributed by atoms with Gasteiger partial charge in [-0.05, 0) is 57.4 Å². The summed E-state index contributed by atoms with van der Waals surface area (Å²) in [6.07, 6.45) is 1.64. The number of hydrogen-bond acceptors (Lipinski definition) is 5. The van der Waals surface area contributed by atoms with Crippen LogP contribution in [0.5, 0.6) is 0 Å². The molecule has 29 heavy (non-hydrogen) atoms. The van der Waals surface area contributed by atoms with Crippen LogP contribution in [0.25, 0.3) is 15.9 Å². The molecule has 1 amide bonds. The Balaban J connectivity index is 1.58. The van der Waals surface area contributed by atoms with Crippen molar-refractivity contribution in [2.24, 2.45) is 0 Å². The highest BCUT2D eigenvalue weighted by Crippen LogP contribution is 2.31. The maximum absolute atomic E-state index is 12.8. The van der Waals surface area contributed by atoms with Crippen LogP contribution >= 0.6 is 22.9 Å². The van der Waals surface area contributed by atoms with Gasteiger partial charge < -0.3 is 9.73 Å². The Labute approximate surface area is 177 Å². The zero-order chi connectivity index (χ0) is 20.5. The fraction of sp³-hybridized carbons (Fsp3) is 0.238. The predicted octanol–water partition coefficient (Wildman–Crippen LogP) is 4.67. The first-order valence-electron chi connectivity index (χ1n) is 9.17. The number of nitrogens with zero attached hydrogens (tertiary/aromatic N) is 3. The summed E-state index contributed by atoms with van der Waals surface area (Å²) < 4.78 is 7.34. The minimum atomic E-state index is -0.110. The van der Waals surface area contributed by atoms with E-state index in [9.17, 15) is 4.79 Å². The van der Waals surface area contributed by atoms with Crippen molar-refractivity contribution in [1.82, 2.24) is 20.0 Å². The van der Waals surface area contributed by atoms with Crippen LogP contribution in [0, 0.1) is 6.92 Å². The number of benzene rings is 1. The minimum absolute atomic E-state index is 0.0352. The Hall–Kier alpha value is -2.61. The number of likely N-dealkylation sites (N-methyl/N-ethyl adjacent to an activating group) is 1. The molecule has 0 fully saturated rings. The highest BCUT2D eigenvalue weighted by atomic mass is 35.5. The second-order valence-electron chi connectivity index (χ2n) is 7.01. The molecule has 0 aliphatic rings. The molecular formula is C21H21ClN4O2S. The summed E-state index contributed by atoms with van der Waals surface area (Å²) in [5.41, 5.74) is 1.74. The van der Waals surface area contributed by atoms with Gasteiger partial charge in [-0.25, -0.2) is 4.68 Å². The molecule has 150 valence electrons. The van der Waals surface area contributed by atoms with Crippen LogP contribution < -0.4 is 5.32 Å². The molecule has 3 aromatic heterocycles. The van der Waals surface area contributed by atoms with Crippen LogP contribution in [0.3, 0.4) is 0 Å². The molecule has 0 saturated heterocycles. The number of carbonyl (C=O) groups excluding carboxylic acids is 1. The average Bonchev–Trinajstić information content (AvgIpc) is 3.40. The van der Waals surface area contributed by atoms with Crippen molar-refractivity contribution in [3.05, 3.63) is 70.1 Å². The molecule has 1 aromatic carbocycles. The van der Waals surface area contributed by atoms with Crippen molar-refractivity contribution >= 4 is 39.1 Å². The number of rotatable bonds is 6. The van der Waals surface area contributed by atoms with Crippen molar-refractivity contribution in [3.8, 4) is 5.69 Å². The van der Waals surface area contributed by atoms with E-state index in [0.717, 1.165) is 27.4 Å². The number of carbonyl (C=O) groups is 1. The molecule has 8 heteroatoms. The number of amides is 1. The minimum Gasteiger partial charge on any atom is -0.468 e. The van der Waals surface area contributed by atoms with Crippen LogP contribution in [0.1, 0.15) is 27.2 Å². The molecule has 4 aromatic rings. The third-order valence-electron chi connectivity index (χ3n) is 4.77. The Morgan fingerprint density at radius 3 is 2.83 bits per heavy atom. The van der Waals surface area contributed by atoms with Crippen molar-refractivity contribution in [2.75, 3.05) is 20.6 Å². The van der Waals surface area contributed by atoms with E-state index >= 15 is 0 Å². The van der Waals surface area contributed by atoms with E-state index in [4.69, 9.17) is 16.0 Å². The molecule has 4 rings (SSSR count). The van der Waals surface area contributed by atoms with Crippen molar-refractivity contribution in [3.63, 3.8) is 0 Å². The van der Waals surface area contributed by atoms with E-state index in [1.807, 2.05) is 73.1 Å². The second kappa shape index (κ2) is 8.02. The average molecular weight is 429 g/mol. The van der Waals surface area contributed by atoms with Crippen LogP contribution in [0.2, 0.25) is 5.02 Å². The summed E-state index contributed by atoms with van der Waals surface area (Å²) in [6.45, 7) is 2.39. The summed E-state index contributed by atoms with van der Waals surface area (Å²) in [5.74, 6) is 0.709. The molecule has 0 radical (unpaired) electrons. The highest BCUT2D eigenvalue weighted by molar-refractivity contribution is 7.20. The van der Waals surface area contributed by atoms with Gasteiger partial charge in [0.05, 0.1) is 28.6 Å². The van der Waals surface area contributed by atoms with Gasteiger partial charge in [0, 0.05) is 17.0 Å². The first-order valence-corrected chi connectivity index (χ1v) is 10.4. The van der Waals surface area contributed by atoms with Crippen molar-refractivity contribution in [2.45, 2.75) is 13.0 Å². The number of fused-ring (bicyclic) bond motifs is 1. The predicted molar refractivity (Wildman–Crippen MR) is 116 cm³/mol. The summed E-state index contributed by atoms with van der Waals surface area (Å²) in [7, 11) is 3.92.